The zero-order chi connectivity index (χ0) is 21.9. The van der Waals surface area contributed by atoms with Gasteiger partial charge in [-0.15, -0.1) is 11.3 Å². The number of benzene rings is 3. The highest BCUT2D eigenvalue weighted by Crippen LogP contribution is 2.61. The number of fused-ring (bicyclic) bond motifs is 1. The lowest BCUT2D eigenvalue weighted by atomic mass is 9.52. The Balaban J connectivity index is 1.35. The van der Waals surface area contributed by atoms with Gasteiger partial charge >= 0.3 is 0 Å². The molecular weight excluding hydrogens is 527 g/mol. The highest BCUT2D eigenvalue weighted by atomic mass is 127. The fourth-order valence-electron chi connectivity index (χ4n) is 5.54. The average molecular weight is 548 g/mol. The molecule has 1 heterocycles. The number of halogens is 1. The Morgan fingerprint density at radius 2 is 1.66 bits per heavy atom. The lowest BCUT2D eigenvalue weighted by molar-refractivity contribution is -0.126. The summed E-state index contributed by atoms with van der Waals surface area (Å²) in [4.78, 5) is 18.5. The van der Waals surface area contributed by atoms with E-state index in [9.17, 15) is 4.79 Å². The molecule has 158 valence electrons. The highest BCUT2D eigenvalue weighted by Gasteiger charge is 2.53. The molecule has 7 rings (SSSR count). The Labute approximate surface area is 205 Å². The van der Waals surface area contributed by atoms with Crippen molar-refractivity contribution in [2.24, 2.45) is 5.41 Å². The average Bonchev–Trinajstić information content (AvgIpc) is 3.28. The number of nitrogens with one attached hydrogen (secondary N) is 1. The van der Waals surface area contributed by atoms with Gasteiger partial charge in [0.2, 0.25) is 5.91 Å². The van der Waals surface area contributed by atoms with Crippen molar-refractivity contribution in [1.29, 1.82) is 0 Å². The van der Waals surface area contributed by atoms with Crippen molar-refractivity contribution < 1.29 is 4.79 Å². The van der Waals surface area contributed by atoms with Crippen LogP contribution in [-0.4, -0.2) is 10.9 Å². The van der Waals surface area contributed by atoms with Gasteiger partial charge in [0, 0.05) is 26.3 Å². The Kier molecular flexibility index (Phi) is 4.73. The number of anilines is 1. The Morgan fingerprint density at radius 1 is 1.00 bits per heavy atom. The Bertz CT molecular complexity index is 1320. The van der Waals surface area contributed by atoms with Crippen molar-refractivity contribution in [2.75, 3.05) is 5.32 Å². The second kappa shape index (κ2) is 7.52. The van der Waals surface area contributed by atoms with Gasteiger partial charge in [-0.1, -0.05) is 60.7 Å². The molecular formula is C27H21IN2OS. The van der Waals surface area contributed by atoms with Crippen molar-refractivity contribution in [1.82, 2.24) is 4.98 Å². The van der Waals surface area contributed by atoms with E-state index in [1.165, 1.54) is 37.2 Å². The molecule has 3 nitrogen and oxygen atoms in total. The van der Waals surface area contributed by atoms with E-state index in [4.69, 9.17) is 4.98 Å². The monoisotopic (exact) mass is 548 g/mol. The van der Waals surface area contributed by atoms with Crippen molar-refractivity contribution in [3.8, 4) is 11.3 Å². The first-order valence-electron chi connectivity index (χ1n) is 10.8. The lowest BCUT2D eigenvalue weighted by Crippen LogP contribution is -2.47. The predicted octanol–water partition coefficient (Wildman–Crippen LogP) is 7.04. The molecule has 3 aliphatic carbocycles. The topological polar surface area (TPSA) is 42.0 Å². The van der Waals surface area contributed by atoms with Gasteiger partial charge in [-0.3, -0.25) is 4.79 Å². The minimum atomic E-state index is -0.526. The van der Waals surface area contributed by atoms with Crippen molar-refractivity contribution in [2.45, 2.75) is 25.2 Å². The summed E-state index contributed by atoms with van der Waals surface area (Å²) in [5, 5.41) is 5.85. The first-order valence-corrected chi connectivity index (χ1v) is 12.7. The zero-order valence-electron chi connectivity index (χ0n) is 17.5. The van der Waals surface area contributed by atoms with Gasteiger partial charge < -0.3 is 5.32 Å². The molecule has 1 unspecified atom stereocenters. The van der Waals surface area contributed by atoms with E-state index in [0.717, 1.165) is 17.7 Å². The number of rotatable bonds is 3. The van der Waals surface area contributed by atoms with E-state index in [-0.39, 0.29) is 17.7 Å². The van der Waals surface area contributed by atoms with Crippen LogP contribution in [0.2, 0.25) is 0 Å². The molecule has 32 heavy (non-hydrogen) atoms. The van der Waals surface area contributed by atoms with Crippen molar-refractivity contribution in [3.63, 3.8) is 0 Å². The fraction of sp³-hybridized carbons (Fsp3) is 0.185. The maximum absolute atomic E-state index is 13.8. The van der Waals surface area contributed by atoms with E-state index in [1.807, 2.05) is 11.4 Å². The van der Waals surface area contributed by atoms with Gasteiger partial charge in [-0.2, -0.15) is 0 Å². The van der Waals surface area contributed by atoms with Gasteiger partial charge in [-0.05, 0) is 70.3 Å². The molecule has 0 aliphatic heterocycles. The van der Waals surface area contributed by atoms with Crippen LogP contribution in [0, 0.1) is 8.99 Å². The molecule has 0 saturated carbocycles. The maximum atomic E-state index is 13.8. The van der Waals surface area contributed by atoms with Crippen molar-refractivity contribution in [3.05, 3.63) is 104 Å². The smallest absolute Gasteiger partial charge is 0.233 e. The SMILES string of the molecule is CC1(C(=O)Nc2nc(-c3cccc(I)c3)cs2)CC2c3ccccc3C1c1ccccc12. The van der Waals surface area contributed by atoms with E-state index >= 15 is 0 Å². The van der Waals surface area contributed by atoms with Crippen LogP contribution >= 0.6 is 33.9 Å². The summed E-state index contributed by atoms with van der Waals surface area (Å²) in [7, 11) is 0. The summed E-state index contributed by atoms with van der Waals surface area (Å²) < 4.78 is 1.17. The summed E-state index contributed by atoms with van der Waals surface area (Å²) >= 11 is 3.79. The molecule has 3 aromatic carbocycles. The molecule has 0 spiro atoms. The third-order valence-corrected chi connectivity index (χ3v) is 8.42. The minimum Gasteiger partial charge on any atom is -0.301 e. The Hall–Kier alpha value is -2.51. The second-order valence-corrected chi connectivity index (χ2v) is 11.0. The largest absolute Gasteiger partial charge is 0.301 e. The summed E-state index contributed by atoms with van der Waals surface area (Å²) in [6, 6.07) is 25.5. The number of hydrogen-bond donors (Lipinski definition) is 1. The van der Waals surface area contributed by atoms with E-state index < -0.39 is 5.41 Å². The molecule has 1 aromatic heterocycles. The normalized spacial score (nSPS) is 22.8. The molecule has 3 aliphatic rings. The first kappa shape index (κ1) is 20.1. The molecule has 0 radical (unpaired) electrons. The summed E-state index contributed by atoms with van der Waals surface area (Å²) in [5.74, 6) is 0.358. The quantitative estimate of drug-likeness (QED) is 0.279. The van der Waals surface area contributed by atoms with Crippen LogP contribution in [0.15, 0.2) is 78.2 Å². The van der Waals surface area contributed by atoms with Gasteiger partial charge in [0.1, 0.15) is 0 Å². The van der Waals surface area contributed by atoms with Crippen LogP contribution in [-0.2, 0) is 4.79 Å². The third-order valence-electron chi connectivity index (χ3n) is 6.99. The van der Waals surface area contributed by atoms with Crippen LogP contribution in [0.25, 0.3) is 11.3 Å². The van der Waals surface area contributed by atoms with E-state index in [1.54, 1.807) is 0 Å². The van der Waals surface area contributed by atoms with Gasteiger partial charge in [0.05, 0.1) is 11.1 Å². The zero-order valence-corrected chi connectivity index (χ0v) is 20.5. The number of thiazole rings is 1. The molecule has 4 aromatic rings. The number of amides is 1. The van der Waals surface area contributed by atoms with Crippen LogP contribution < -0.4 is 5.32 Å². The number of carbonyl (C=O) groups is 1. The molecule has 0 fully saturated rings. The fourth-order valence-corrected chi connectivity index (χ4v) is 6.80. The molecule has 1 atom stereocenters. The lowest BCUT2D eigenvalue weighted by Gasteiger charge is -2.50. The van der Waals surface area contributed by atoms with Crippen LogP contribution in [0.5, 0.6) is 0 Å². The van der Waals surface area contributed by atoms with E-state index in [0.29, 0.717) is 5.13 Å². The third kappa shape index (κ3) is 3.05. The van der Waals surface area contributed by atoms with Gasteiger partial charge in [-0.25, -0.2) is 4.98 Å². The van der Waals surface area contributed by atoms with Gasteiger partial charge in [0.25, 0.3) is 0 Å². The standard InChI is InChI=1S/C27H21IN2OS/c1-27(25(31)30-26-29-23(15-32-26)16-7-6-8-17(28)13-16)14-22-18-9-2-4-11-20(18)24(27)21-12-5-3-10-19(21)22/h2-13,15,22,24H,14H2,1H3,(H,29,30,31). The van der Waals surface area contributed by atoms with Crippen LogP contribution in [0.4, 0.5) is 5.13 Å². The molecule has 1 amide bonds. The summed E-state index contributed by atoms with van der Waals surface area (Å²) in [6.45, 7) is 2.12. The highest BCUT2D eigenvalue weighted by molar-refractivity contribution is 14.1. The molecule has 2 bridgehead atoms. The minimum absolute atomic E-state index is 0.0510. The van der Waals surface area contributed by atoms with E-state index in [2.05, 4.69) is 102 Å². The predicted molar refractivity (Wildman–Crippen MR) is 138 cm³/mol. The summed E-state index contributed by atoms with van der Waals surface area (Å²) in [6.07, 6.45) is 0.812. The van der Waals surface area contributed by atoms with Crippen LogP contribution in [0.1, 0.15) is 47.4 Å². The number of hydrogen-bond acceptors (Lipinski definition) is 3. The second-order valence-electron chi connectivity index (χ2n) is 8.87. The molecule has 0 saturated heterocycles. The first-order chi connectivity index (χ1) is 15.5. The number of nitrogens with zero attached hydrogens (tertiary/aromatic N) is 1. The number of carbonyl (C=O) groups excluding carboxylic acids is 1. The van der Waals surface area contributed by atoms with Crippen LogP contribution in [0.3, 0.4) is 0 Å². The maximum Gasteiger partial charge on any atom is 0.233 e. The summed E-state index contributed by atoms with van der Waals surface area (Å²) in [5.41, 5.74) is 6.77. The molecule has 1 N–H and O–H groups in total. The number of aromatic nitrogens is 1. The van der Waals surface area contributed by atoms with Gasteiger partial charge in [0.15, 0.2) is 5.13 Å². The molecule has 5 heteroatoms. The van der Waals surface area contributed by atoms with Crippen molar-refractivity contribution >= 4 is 45.0 Å². The Morgan fingerprint density at radius 3 is 2.31 bits per heavy atom.